The molecule has 6 heteroatoms. The summed E-state index contributed by atoms with van der Waals surface area (Å²) in [6.07, 6.45) is -1.50. The van der Waals surface area contributed by atoms with Crippen LogP contribution in [0.1, 0.15) is 25.7 Å². The molecular formula is C15H17BrF2O3. The molecule has 0 radical (unpaired) electrons. The van der Waals surface area contributed by atoms with E-state index < -0.39 is 17.8 Å². The molecule has 1 saturated carbocycles. The normalized spacial score (nSPS) is 22.6. The van der Waals surface area contributed by atoms with Gasteiger partial charge in [0.05, 0.1) is 19.1 Å². The zero-order valence-electron chi connectivity index (χ0n) is 11.5. The Morgan fingerprint density at radius 2 is 1.67 bits per heavy atom. The number of hydrogen-bond donors (Lipinski definition) is 0. The molecule has 3 rings (SSSR count). The molecular weight excluding hydrogens is 346 g/mol. The highest BCUT2D eigenvalue weighted by Gasteiger charge is 2.49. The largest absolute Gasteiger partial charge is 0.432 e. The van der Waals surface area contributed by atoms with E-state index in [1.165, 1.54) is 12.1 Å². The maximum absolute atomic E-state index is 14.3. The number of alkyl halides is 2. The summed E-state index contributed by atoms with van der Waals surface area (Å²) in [7, 11) is 0. The summed E-state index contributed by atoms with van der Waals surface area (Å²) in [5.74, 6) is -1.25. The van der Waals surface area contributed by atoms with Gasteiger partial charge in [0, 0.05) is 17.3 Å². The molecule has 1 aliphatic carbocycles. The topological polar surface area (TPSA) is 27.7 Å². The van der Waals surface area contributed by atoms with Gasteiger partial charge in [0.25, 0.3) is 0 Å². The molecule has 0 N–H and O–H groups in total. The highest BCUT2D eigenvalue weighted by atomic mass is 79.9. The van der Waals surface area contributed by atoms with E-state index >= 15 is 0 Å². The molecule has 116 valence electrons. The summed E-state index contributed by atoms with van der Waals surface area (Å²) in [5, 5.41) is 0. The first-order chi connectivity index (χ1) is 9.99. The van der Waals surface area contributed by atoms with Crippen molar-refractivity contribution in [2.75, 3.05) is 13.2 Å². The summed E-state index contributed by atoms with van der Waals surface area (Å²) >= 11 is 3.27. The molecule has 1 spiro atoms. The van der Waals surface area contributed by atoms with Crippen molar-refractivity contribution in [2.24, 2.45) is 5.92 Å². The zero-order chi connectivity index (χ0) is 14.9. The van der Waals surface area contributed by atoms with E-state index in [9.17, 15) is 8.78 Å². The van der Waals surface area contributed by atoms with Gasteiger partial charge in [0.15, 0.2) is 5.79 Å². The maximum atomic E-state index is 14.3. The number of ether oxygens (including phenoxy) is 3. The van der Waals surface area contributed by atoms with Crippen LogP contribution in [0, 0.1) is 5.92 Å². The average Bonchev–Trinajstić information content (AvgIpc) is 2.90. The van der Waals surface area contributed by atoms with Gasteiger partial charge in [0.1, 0.15) is 5.75 Å². The molecule has 21 heavy (non-hydrogen) atoms. The average molecular weight is 363 g/mol. The molecule has 0 atom stereocenters. The minimum Gasteiger partial charge on any atom is -0.432 e. The fraction of sp³-hybridized carbons (Fsp3) is 0.600. The molecule has 0 unspecified atom stereocenters. The standard InChI is InChI=1S/C15H17BrF2O3/c16-12-1-3-13(4-2-12)21-15(17,18)11-5-7-14(8-6-11)19-9-10-20-14/h1-4,11H,5-10H2. The van der Waals surface area contributed by atoms with Crippen LogP contribution < -0.4 is 4.74 Å². The summed E-state index contributed by atoms with van der Waals surface area (Å²) in [5.41, 5.74) is 0. The SMILES string of the molecule is FC(F)(Oc1ccc(Br)cc1)C1CCC2(CC1)OCCO2. The van der Waals surface area contributed by atoms with Gasteiger partial charge in [-0.3, -0.25) is 0 Å². The Bertz CT molecular complexity index is 476. The Balaban J connectivity index is 1.61. The number of hydrogen-bond acceptors (Lipinski definition) is 3. The Morgan fingerprint density at radius 1 is 1.10 bits per heavy atom. The Kier molecular flexibility index (Phi) is 4.21. The third-order valence-corrected chi connectivity index (χ3v) is 4.63. The van der Waals surface area contributed by atoms with Gasteiger partial charge in [-0.1, -0.05) is 15.9 Å². The van der Waals surface area contributed by atoms with E-state index in [0.29, 0.717) is 38.9 Å². The van der Waals surface area contributed by atoms with Crippen molar-refractivity contribution in [1.29, 1.82) is 0 Å². The molecule has 0 amide bonds. The summed E-state index contributed by atoms with van der Waals surface area (Å²) in [6, 6.07) is 6.43. The van der Waals surface area contributed by atoms with Crippen LogP contribution in [0.2, 0.25) is 0 Å². The Labute approximate surface area is 130 Å². The predicted molar refractivity (Wildman–Crippen MR) is 76.3 cm³/mol. The van der Waals surface area contributed by atoms with Crippen molar-refractivity contribution in [1.82, 2.24) is 0 Å². The van der Waals surface area contributed by atoms with E-state index in [1.807, 2.05) is 0 Å². The molecule has 0 aromatic heterocycles. The van der Waals surface area contributed by atoms with Crippen LogP contribution in [0.5, 0.6) is 5.75 Å². The monoisotopic (exact) mass is 362 g/mol. The van der Waals surface area contributed by atoms with Crippen molar-refractivity contribution < 1.29 is 23.0 Å². The fourth-order valence-corrected chi connectivity index (χ4v) is 3.19. The van der Waals surface area contributed by atoms with Crippen molar-refractivity contribution in [3.63, 3.8) is 0 Å². The quantitative estimate of drug-likeness (QED) is 0.799. The van der Waals surface area contributed by atoms with Crippen molar-refractivity contribution >= 4 is 15.9 Å². The molecule has 1 heterocycles. The smallest absolute Gasteiger partial charge is 0.400 e. The van der Waals surface area contributed by atoms with Gasteiger partial charge < -0.3 is 14.2 Å². The zero-order valence-corrected chi connectivity index (χ0v) is 13.1. The fourth-order valence-electron chi connectivity index (χ4n) is 2.92. The van der Waals surface area contributed by atoms with E-state index in [2.05, 4.69) is 15.9 Å². The lowest BCUT2D eigenvalue weighted by molar-refractivity contribution is -0.248. The van der Waals surface area contributed by atoms with Crippen LogP contribution in [0.4, 0.5) is 8.78 Å². The van der Waals surface area contributed by atoms with E-state index in [4.69, 9.17) is 14.2 Å². The maximum Gasteiger partial charge on any atom is 0.400 e. The van der Waals surface area contributed by atoms with Crippen LogP contribution in [0.3, 0.4) is 0 Å². The van der Waals surface area contributed by atoms with Crippen LogP contribution in [0.25, 0.3) is 0 Å². The molecule has 0 bridgehead atoms. The minimum absolute atomic E-state index is 0.178. The lowest BCUT2D eigenvalue weighted by Crippen LogP contribution is -2.43. The molecule has 2 fully saturated rings. The van der Waals surface area contributed by atoms with Crippen molar-refractivity contribution in [3.8, 4) is 5.75 Å². The van der Waals surface area contributed by atoms with Gasteiger partial charge in [0.2, 0.25) is 0 Å². The van der Waals surface area contributed by atoms with Gasteiger partial charge in [-0.2, -0.15) is 8.78 Å². The second-order valence-electron chi connectivity index (χ2n) is 5.50. The second-order valence-corrected chi connectivity index (χ2v) is 6.42. The van der Waals surface area contributed by atoms with Gasteiger partial charge in [-0.05, 0) is 37.1 Å². The molecule has 2 aliphatic rings. The van der Waals surface area contributed by atoms with Crippen LogP contribution >= 0.6 is 15.9 Å². The Hall–Kier alpha value is -0.720. The van der Waals surface area contributed by atoms with Gasteiger partial charge >= 0.3 is 6.11 Å². The first-order valence-corrected chi connectivity index (χ1v) is 7.89. The second kappa shape index (κ2) is 5.82. The van der Waals surface area contributed by atoms with E-state index in [0.717, 1.165) is 4.47 Å². The predicted octanol–water partition coefficient (Wildman–Crippen LogP) is 4.35. The number of rotatable bonds is 3. The van der Waals surface area contributed by atoms with Crippen LogP contribution in [-0.4, -0.2) is 25.1 Å². The number of benzene rings is 1. The lowest BCUT2D eigenvalue weighted by Gasteiger charge is -2.37. The lowest BCUT2D eigenvalue weighted by atomic mass is 9.84. The third-order valence-electron chi connectivity index (χ3n) is 4.10. The first kappa shape index (κ1) is 15.2. The molecule has 1 aromatic carbocycles. The van der Waals surface area contributed by atoms with Gasteiger partial charge in [-0.25, -0.2) is 0 Å². The van der Waals surface area contributed by atoms with E-state index in [-0.39, 0.29) is 5.75 Å². The number of halogens is 3. The van der Waals surface area contributed by atoms with Crippen molar-refractivity contribution in [3.05, 3.63) is 28.7 Å². The third kappa shape index (κ3) is 3.38. The summed E-state index contributed by atoms with van der Waals surface area (Å²) in [4.78, 5) is 0. The first-order valence-electron chi connectivity index (χ1n) is 7.09. The summed E-state index contributed by atoms with van der Waals surface area (Å²) < 4.78 is 45.4. The highest BCUT2D eigenvalue weighted by Crippen LogP contribution is 2.44. The van der Waals surface area contributed by atoms with Gasteiger partial charge in [-0.15, -0.1) is 0 Å². The van der Waals surface area contributed by atoms with Crippen LogP contribution in [0.15, 0.2) is 28.7 Å². The minimum atomic E-state index is -3.17. The van der Waals surface area contributed by atoms with Crippen molar-refractivity contribution in [2.45, 2.75) is 37.6 Å². The summed E-state index contributed by atoms with van der Waals surface area (Å²) in [6.45, 7) is 1.10. The van der Waals surface area contributed by atoms with E-state index in [1.54, 1.807) is 12.1 Å². The van der Waals surface area contributed by atoms with Crippen LogP contribution in [-0.2, 0) is 9.47 Å². The molecule has 1 aromatic rings. The molecule has 3 nitrogen and oxygen atoms in total. The molecule has 1 aliphatic heterocycles. The Morgan fingerprint density at radius 3 is 2.24 bits per heavy atom. The highest BCUT2D eigenvalue weighted by molar-refractivity contribution is 9.10. The molecule has 1 saturated heterocycles.